The molecule has 5 rings (SSSR count). The zero-order valence-corrected chi connectivity index (χ0v) is 16.2. The van der Waals surface area contributed by atoms with E-state index in [1.807, 2.05) is 4.57 Å². The normalized spacial score (nSPS) is 19.0. The van der Waals surface area contributed by atoms with E-state index in [9.17, 15) is 23.5 Å². The molecule has 2 aromatic rings. The second-order valence-corrected chi connectivity index (χ2v) is 8.43. The number of benzene rings is 1. The number of carboxylic acids is 1. The lowest BCUT2D eigenvalue weighted by Gasteiger charge is -2.49. The Morgan fingerprint density at radius 1 is 1.30 bits per heavy atom. The van der Waals surface area contributed by atoms with E-state index in [0.29, 0.717) is 37.5 Å². The maximum Gasteiger partial charge on any atom is 0.341 e. The van der Waals surface area contributed by atoms with E-state index >= 15 is 0 Å². The molecule has 1 saturated heterocycles. The summed E-state index contributed by atoms with van der Waals surface area (Å²) < 4.78 is 40.3. The fraction of sp³-hybridized carbons (Fsp3) is 0.455. The first-order chi connectivity index (χ1) is 14.4. The Morgan fingerprint density at radius 2 is 2.07 bits per heavy atom. The average molecular weight is 417 g/mol. The smallest absolute Gasteiger partial charge is 0.341 e. The number of fused-ring (bicyclic) bond motifs is 4. The van der Waals surface area contributed by atoms with Crippen molar-refractivity contribution in [2.75, 3.05) is 19.8 Å². The lowest BCUT2D eigenvalue weighted by Crippen LogP contribution is -2.46. The highest BCUT2D eigenvalue weighted by Gasteiger charge is 2.44. The number of aromatic carboxylic acids is 1. The maximum atomic E-state index is 13.8. The average Bonchev–Trinajstić information content (AvgIpc) is 2.63. The van der Waals surface area contributed by atoms with Crippen LogP contribution < -0.4 is 10.2 Å². The van der Waals surface area contributed by atoms with Gasteiger partial charge in [0.1, 0.15) is 11.3 Å². The van der Waals surface area contributed by atoms with Crippen LogP contribution in [0.3, 0.4) is 0 Å². The number of halogens is 2. The molecule has 2 fully saturated rings. The zero-order chi connectivity index (χ0) is 21.0. The van der Waals surface area contributed by atoms with Crippen molar-refractivity contribution in [3.63, 3.8) is 0 Å². The summed E-state index contributed by atoms with van der Waals surface area (Å²) in [5.41, 5.74) is 0.403. The van der Waals surface area contributed by atoms with E-state index in [0.717, 1.165) is 24.8 Å². The Bertz CT molecular complexity index is 1090. The van der Waals surface area contributed by atoms with Gasteiger partial charge in [-0.15, -0.1) is 0 Å². The van der Waals surface area contributed by atoms with Gasteiger partial charge in [0, 0.05) is 29.3 Å². The molecule has 3 aliphatic rings. The number of hydrogen-bond donors (Lipinski definition) is 1. The number of nitrogens with zero attached hydrogens (tertiary/aromatic N) is 1. The molecule has 0 atom stereocenters. The molecule has 30 heavy (non-hydrogen) atoms. The summed E-state index contributed by atoms with van der Waals surface area (Å²) in [4.78, 5) is 23.9. The lowest BCUT2D eigenvalue weighted by molar-refractivity contribution is -0.0512. The molecule has 1 aromatic heterocycles. The molecule has 158 valence electrons. The van der Waals surface area contributed by atoms with E-state index < -0.39 is 17.8 Å². The van der Waals surface area contributed by atoms with Crippen molar-refractivity contribution < 1.29 is 28.2 Å². The Hall–Kier alpha value is -2.74. The highest BCUT2D eigenvalue weighted by Crippen LogP contribution is 2.50. The van der Waals surface area contributed by atoms with Crippen LogP contribution in [0.1, 0.15) is 47.2 Å². The number of alkyl halides is 2. The molecule has 6 nitrogen and oxygen atoms in total. The molecule has 3 heterocycles. The fourth-order valence-electron chi connectivity index (χ4n) is 4.64. The summed E-state index contributed by atoms with van der Waals surface area (Å²) in [5.74, 6) is -0.908. The first kappa shape index (κ1) is 19.2. The van der Waals surface area contributed by atoms with Crippen molar-refractivity contribution in [3.8, 4) is 17.0 Å². The molecular weight excluding hydrogens is 396 g/mol. The minimum Gasteiger partial charge on any atom is -0.493 e. The molecule has 1 aliphatic carbocycles. The lowest BCUT2D eigenvalue weighted by atomic mass is 9.69. The van der Waals surface area contributed by atoms with Crippen molar-refractivity contribution in [3.05, 3.63) is 51.3 Å². The Kier molecular flexibility index (Phi) is 4.43. The Labute approximate surface area is 171 Å². The third-order valence-corrected chi connectivity index (χ3v) is 6.52. The third kappa shape index (κ3) is 2.93. The van der Waals surface area contributed by atoms with Crippen LogP contribution in [0, 0.1) is 5.92 Å². The summed E-state index contributed by atoms with van der Waals surface area (Å²) >= 11 is 0. The molecule has 2 aliphatic heterocycles. The van der Waals surface area contributed by atoms with E-state index in [1.165, 1.54) is 18.3 Å². The molecule has 1 spiro atoms. The molecule has 1 N–H and O–H groups in total. The summed E-state index contributed by atoms with van der Waals surface area (Å²) in [6.07, 6.45) is 1.90. The molecule has 8 heteroatoms. The molecule has 0 bridgehead atoms. The van der Waals surface area contributed by atoms with Crippen LogP contribution in [0.15, 0.2) is 29.2 Å². The number of hydrogen-bond acceptors (Lipinski definition) is 4. The summed E-state index contributed by atoms with van der Waals surface area (Å²) in [6, 6.07) is 4.34. The van der Waals surface area contributed by atoms with Crippen molar-refractivity contribution in [1.82, 2.24) is 4.57 Å². The van der Waals surface area contributed by atoms with E-state index in [2.05, 4.69) is 0 Å². The van der Waals surface area contributed by atoms with Crippen molar-refractivity contribution >= 4 is 5.97 Å². The van der Waals surface area contributed by atoms with Gasteiger partial charge in [0.15, 0.2) is 5.43 Å². The largest absolute Gasteiger partial charge is 0.493 e. The van der Waals surface area contributed by atoms with Crippen LogP contribution >= 0.6 is 0 Å². The fourth-order valence-corrected chi connectivity index (χ4v) is 4.64. The monoisotopic (exact) mass is 417 g/mol. The van der Waals surface area contributed by atoms with Gasteiger partial charge in [-0.05, 0) is 43.4 Å². The second-order valence-electron chi connectivity index (χ2n) is 8.43. The first-order valence-electron chi connectivity index (χ1n) is 10.0. The minimum atomic E-state index is -2.74. The van der Waals surface area contributed by atoms with Crippen LogP contribution in [-0.2, 0) is 16.7 Å². The van der Waals surface area contributed by atoms with Crippen molar-refractivity contribution in [2.45, 2.75) is 37.6 Å². The molecular formula is C22H21F2NO5. The van der Waals surface area contributed by atoms with Gasteiger partial charge in [0.2, 0.25) is 0 Å². The van der Waals surface area contributed by atoms with Gasteiger partial charge < -0.3 is 19.1 Å². The van der Waals surface area contributed by atoms with Gasteiger partial charge in [0.05, 0.1) is 31.1 Å². The van der Waals surface area contributed by atoms with E-state index in [-0.39, 0.29) is 28.3 Å². The molecule has 0 radical (unpaired) electrons. The minimum absolute atomic E-state index is 0.170. The standard InChI is InChI=1S/C22H21F2NO5/c23-20(24)15-5-14-13(4-19(15)30-11-12-9-29-10-12)7-22(2-1-3-22)25-8-16(21(27)28)18(26)6-17(14)25/h4-6,8,12,20H,1-3,7,9-11H2,(H,27,28). The number of carboxylic acid groups (broad SMARTS) is 1. The van der Waals surface area contributed by atoms with E-state index in [1.54, 1.807) is 6.07 Å². The molecule has 0 unspecified atom stereocenters. The number of pyridine rings is 1. The highest BCUT2D eigenvalue weighted by molar-refractivity contribution is 5.88. The first-order valence-corrected chi connectivity index (χ1v) is 10.0. The summed E-state index contributed by atoms with van der Waals surface area (Å²) in [7, 11) is 0. The van der Waals surface area contributed by atoms with Gasteiger partial charge in [-0.1, -0.05) is 0 Å². The molecule has 1 aromatic carbocycles. The van der Waals surface area contributed by atoms with Gasteiger partial charge in [0.25, 0.3) is 6.43 Å². The Balaban J connectivity index is 1.64. The number of rotatable bonds is 5. The van der Waals surface area contributed by atoms with Gasteiger partial charge in [-0.25, -0.2) is 13.6 Å². The predicted molar refractivity (Wildman–Crippen MR) is 103 cm³/mol. The topological polar surface area (TPSA) is 77.8 Å². The number of aromatic nitrogens is 1. The van der Waals surface area contributed by atoms with Crippen molar-refractivity contribution in [2.24, 2.45) is 5.92 Å². The quantitative estimate of drug-likeness (QED) is 0.804. The second kappa shape index (κ2) is 6.91. The molecule has 1 saturated carbocycles. The van der Waals surface area contributed by atoms with Crippen LogP contribution in [0.25, 0.3) is 11.3 Å². The van der Waals surface area contributed by atoms with Crippen LogP contribution in [0.2, 0.25) is 0 Å². The summed E-state index contributed by atoms with van der Waals surface area (Å²) in [5, 5.41) is 9.37. The Morgan fingerprint density at radius 3 is 2.63 bits per heavy atom. The summed E-state index contributed by atoms with van der Waals surface area (Å²) in [6.45, 7) is 1.46. The van der Waals surface area contributed by atoms with Gasteiger partial charge >= 0.3 is 5.97 Å². The van der Waals surface area contributed by atoms with E-state index in [4.69, 9.17) is 9.47 Å². The molecule has 0 amide bonds. The van der Waals surface area contributed by atoms with Gasteiger partial charge in [-0.3, -0.25) is 4.79 Å². The number of ether oxygens (including phenoxy) is 2. The highest BCUT2D eigenvalue weighted by atomic mass is 19.3. The zero-order valence-electron chi connectivity index (χ0n) is 16.2. The SMILES string of the molecule is O=C(O)c1cn2c(cc1=O)-c1cc(C(F)F)c(OCC3COC3)cc1CC21CCC1. The van der Waals surface area contributed by atoms with Crippen LogP contribution in [0.5, 0.6) is 5.75 Å². The van der Waals surface area contributed by atoms with Crippen LogP contribution in [-0.4, -0.2) is 35.5 Å². The predicted octanol–water partition coefficient (Wildman–Crippen LogP) is 3.61. The van der Waals surface area contributed by atoms with Gasteiger partial charge in [-0.2, -0.15) is 0 Å². The van der Waals surface area contributed by atoms with Crippen LogP contribution in [0.4, 0.5) is 8.78 Å². The number of carbonyl (C=O) groups is 1. The van der Waals surface area contributed by atoms with Crippen molar-refractivity contribution in [1.29, 1.82) is 0 Å². The third-order valence-electron chi connectivity index (χ3n) is 6.52. The maximum absolute atomic E-state index is 13.8.